The second-order valence-electron chi connectivity index (χ2n) is 7.03. The summed E-state index contributed by atoms with van der Waals surface area (Å²) in [6, 6.07) is 8.59. The number of furan rings is 1. The molecule has 1 aliphatic heterocycles. The molecule has 2 aromatic rings. The van der Waals surface area contributed by atoms with E-state index in [2.05, 4.69) is 10.6 Å². The summed E-state index contributed by atoms with van der Waals surface area (Å²) in [5, 5.41) is 16.2. The van der Waals surface area contributed by atoms with Crippen molar-refractivity contribution in [3.05, 3.63) is 63.6 Å². The maximum Gasteiger partial charge on any atom is 0.287 e. The van der Waals surface area contributed by atoms with Gasteiger partial charge in [0.25, 0.3) is 17.5 Å². The number of carbonyl (C=O) groups excluding carboxylic acids is 3. The van der Waals surface area contributed by atoms with Crippen molar-refractivity contribution in [2.45, 2.75) is 25.8 Å². The monoisotopic (exact) mass is 414 g/mol. The Balaban J connectivity index is 1.44. The van der Waals surface area contributed by atoms with Crippen molar-refractivity contribution < 1.29 is 23.7 Å². The van der Waals surface area contributed by atoms with Crippen molar-refractivity contribution in [2.24, 2.45) is 0 Å². The molecule has 158 valence electrons. The maximum atomic E-state index is 12.4. The number of rotatable bonds is 6. The van der Waals surface area contributed by atoms with E-state index in [9.17, 15) is 24.5 Å². The van der Waals surface area contributed by atoms with Crippen LogP contribution in [0.4, 0.5) is 5.69 Å². The molecule has 0 unspecified atom stereocenters. The van der Waals surface area contributed by atoms with Gasteiger partial charge in [0.15, 0.2) is 5.76 Å². The fourth-order valence-electron chi connectivity index (χ4n) is 3.22. The van der Waals surface area contributed by atoms with Gasteiger partial charge in [-0.3, -0.25) is 24.5 Å². The van der Waals surface area contributed by atoms with E-state index in [4.69, 9.17) is 4.42 Å². The normalized spacial score (nSPS) is 14.2. The van der Waals surface area contributed by atoms with E-state index in [-0.39, 0.29) is 41.4 Å². The highest BCUT2D eigenvalue weighted by atomic mass is 16.6. The third kappa shape index (κ3) is 5.22. The van der Waals surface area contributed by atoms with Crippen LogP contribution in [-0.4, -0.2) is 53.2 Å². The Kier molecular flexibility index (Phi) is 6.45. The fourth-order valence-corrected chi connectivity index (χ4v) is 3.22. The molecule has 10 nitrogen and oxygen atoms in total. The van der Waals surface area contributed by atoms with Gasteiger partial charge in [-0.05, 0) is 38.0 Å². The zero-order chi connectivity index (χ0) is 21.7. The Morgan fingerprint density at radius 3 is 2.53 bits per heavy atom. The minimum atomic E-state index is -0.585. The molecule has 1 aromatic carbocycles. The molecule has 30 heavy (non-hydrogen) atoms. The predicted octanol–water partition coefficient (Wildman–Crippen LogP) is 1.65. The molecule has 1 aromatic heterocycles. The van der Waals surface area contributed by atoms with Crippen LogP contribution in [-0.2, 0) is 4.79 Å². The van der Waals surface area contributed by atoms with E-state index in [1.807, 2.05) is 0 Å². The van der Waals surface area contributed by atoms with Crippen LogP contribution < -0.4 is 10.6 Å². The van der Waals surface area contributed by atoms with Gasteiger partial charge in [0, 0.05) is 36.8 Å². The number of nitrogens with one attached hydrogen (secondary N) is 2. The minimum absolute atomic E-state index is 0.0635. The fraction of sp³-hybridized carbons (Fsp3) is 0.350. The standard InChI is InChI=1S/C20H22N4O6/c1-13-5-6-17(30-13)20(27)22-15-7-9-23(10-8-15)18(25)12-21-19(26)14-3-2-4-16(11-14)24(28)29/h2-6,11,15H,7-10,12H2,1H3,(H,21,26)(H,22,27). The summed E-state index contributed by atoms with van der Waals surface area (Å²) >= 11 is 0. The van der Waals surface area contributed by atoms with Gasteiger partial charge in [0.1, 0.15) is 5.76 Å². The van der Waals surface area contributed by atoms with Gasteiger partial charge in [0.2, 0.25) is 5.91 Å². The number of amides is 3. The van der Waals surface area contributed by atoms with E-state index in [1.54, 1.807) is 24.0 Å². The van der Waals surface area contributed by atoms with Crippen LogP contribution in [0.5, 0.6) is 0 Å². The third-order valence-corrected chi connectivity index (χ3v) is 4.87. The number of piperidine rings is 1. The molecule has 2 heterocycles. The summed E-state index contributed by atoms with van der Waals surface area (Å²) in [7, 11) is 0. The summed E-state index contributed by atoms with van der Waals surface area (Å²) in [5.41, 5.74) is -0.0746. The predicted molar refractivity (Wildman–Crippen MR) is 106 cm³/mol. The van der Waals surface area contributed by atoms with Crippen LogP contribution in [0.25, 0.3) is 0 Å². The van der Waals surface area contributed by atoms with Crippen molar-refractivity contribution in [3.8, 4) is 0 Å². The summed E-state index contributed by atoms with van der Waals surface area (Å²) in [4.78, 5) is 48.5. The van der Waals surface area contributed by atoms with Gasteiger partial charge in [-0.2, -0.15) is 0 Å². The molecule has 3 amide bonds. The van der Waals surface area contributed by atoms with E-state index in [1.165, 1.54) is 18.2 Å². The maximum absolute atomic E-state index is 12.4. The first kappa shape index (κ1) is 21.0. The average Bonchev–Trinajstić information content (AvgIpc) is 3.19. The lowest BCUT2D eigenvalue weighted by Crippen LogP contribution is -2.49. The number of nitro benzene ring substituents is 1. The number of aryl methyl sites for hydroxylation is 1. The number of hydrogen-bond donors (Lipinski definition) is 2. The van der Waals surface area contributed by atoms with Crippen molar-refractivity contribution in [1.29, 1.82) is 0 Å². The van der Waals surface area contributed by atoms with Gasteiger partial charge < -0.3 is 20.0 Å². The van der Waals surface area contributed by atoms with Gasteiger partial charge in [-0.25, -0.2) is 0 Å². The first-order chi connectivity index (χ1) is 14.3. The summed E-state index contributed by atoms with van der Waals surface area (Å²) in [6.45, 7) is 2.46. The van der Waals surface area contributed by atoms with Crippen molar-refractivity contribution >= 4 is 23.4 Å². The smallest absolute Gasteiger partial charge is 0.287 e. The van der Waals surface area contributed by atoms with Gasteiger partial charge in [-0.1, -0.05) is 6.07 Å². The average molecular weight is 414 g/mol. The number of carbonyl (C=O) groups is 3. The minimum Gasteiger partial charge on any atom is -0.456 e. The van der Waals surface area contributed by atoms with Crippen LogP contribution >= 0.6 is 0 Å². The zero-order valence-corrected chi connectivity index (χ0v) is 16.4. The van der Waals surface area contributed by atoms with E-state index < -0.39 is 10.8 Å². The first-order valence-corrected chi connectivity index (χ1v) is 9.51. The molecule has 3 rings (SSSR count). The molecule has 2 N–H and O–H groups in total. The number of nitro groups is 1. The molecular weight excluding hydrogens is 392 g/mol. The van der Waals surface area contributed by atoms with E-state index in [0.29, 0.717) is 31.7 Å². The van der Waals surface area contributed by atoms with E-state index in [0.717, 1.165) is 6.07 Å². The number of non-ortho nitro benzene ring substituents is 1. The van der Waals surface area contributed by atoms with Crippen LogP contribution in [0.1, 0.15) is 39.5 Å². The highest BCUT2D eigenvalue weighted by Gasteiger charge is 2.25. The summed E-state index contributed by atoms with van der Waals surface area (Å²) < 4.78 is 5.30. The Hall–Kier alpha value is -3.69. The van der Waals surface area contributed by atoms with E-state index >= 15 is 0 Å². The molecule has 1 saturated heterocycles. The molecule has 0 atom stereocenters. The first-order valence-electron chi connectivity index (χ1n) is 9.51. The molecule has 0 bridgehead atoms. The Morgan fingerprint density at radius 2 is 1.90 bits per heavy atom. The highest BCUT2D eigenvalue weighted by Crippen LogP contribution is 2.14. The van der Waals surface area contributed by atoms with Crippen molar-refractivity contribution in [1.82, 2.24) is 15.5 Å². The lowest BCUT2D eigenvalue weighted by atomic mass is 10.0. The number of nitrogens with zero attached hydrogens (tertiary/aromatic N) is 2. The Labute approximate surface area is 172 Å². The zero-order valence-electron chi connectivity index (χ0n) is 16.4. The van der Waals surface area contributed by atoms with Gasteiger partial charge >= 0.3 is 0 Å². The highest BCUT2D eigenvalue weighted by molar-refractivity contribution is 5.97. The number of benzene rings is 1. The summed E-state index contributed by atoms with van der Waals surface area (Å²) in [5.74, 6) is -0.164. The second-order valence-corrected chi connectivity index (χ2v) is 7.03. The van der Waals surface area contributed by atoms with Crippen LogP contribution in [0.2, 0.25) is 0 Å². The van der Waals surface area contributed by atoms with Gasteiger partial charge in [0.05, 0.1) is 11.5 Å². The molecule has 1 fully saturated rings. The molecular formula is C20H22N4O6. The van der Waals surface area contributed by atoms with Crippen LogP contribution in [0, 0.1) is 17.0 Å². The second kappa shape index (κ2) is 9.21. The molecule has 0 aliphatic carbocycles. The van der Waals surface area contributed by atoms with Crippen LogP contribution in [0.15, 0.2) is 40.8 Å². The molecule has 0 spiro atoms. The molecule has 10 heteroatoms. The topological polar surface area (TPSA) is 135 Å². The SMILES string of the molecule is Cc1ccc(C(=O)NC2CCN(C(=O)CNC(=O)c3cccc([N+](=O)[O-])c3)CC2)o1. The molecule has 1 aliphatic rings. The third-order valence-electron chi connectivity index (χ3n) is 4.87. The lowest BCUT2D eigenvalue weighted by Gasteiger charge is -2.32. The summed E-state index contributed by atoms with van der Waals surface area (Å²) in [6.07, 6.45) is 1.19. The number of likely N-dealkylation sites (tertiary alicyclic amines) is 1. The van der Waals surface area contributed by atoms with Crippen molar-refractivity contribution in [3.63, 3.8) is 0 Å². The van der Waals surface area contributed by atoms with Crippen LogP contribution in [0.3, 0.4) is 0 Å². The number of hydrogen-bond acceptors (Lipinski definition) is 6. The molecule has 0 saturated carbocycles. The Morgan fingerprint density at radius 1 is 1.17 bits per heavy atom. The van der Waals surface area contributed by atoms with Crippen molar-refractivity contribution in [2.75, 3.05) is 19.6 Å². The Bertz CT molecular complexity index is 962. The quantitative estimate of drug-likeness (QED) is 0.545. The lowest BCUT2D eigenvalue weighted by molar-refractivity contribution is -0.384. The largest absolute Gasteiger partial charge is 0.456 e. The van der Waals surface area contributed by atoms with Gasteiger partial charge in [-0.15, -0.1) is 0 Å². The molecule has 0 radical (unpaired) electrons.